The molecule has 1 saturated heterocycles. The van der Waals surface area contributed by atoms with E-state index in [1.165, 1.54) is 18.5 Å². The number of nitrogens with one attached hydrogen (secondary N) is 1. The maximum atomic E-state index is 10.7. The van der Waals surface area contributed by atoms with Gasteiger partial charge < -0.3 is 75.4 Å². The van der Waals surface area contributed by atoms with Gasteiger partial charge in [0.25, 0.3) is 29.6 Å². The monoisotopic (exact) mass is 1900 g/mol. The zero-order valence-corrected chi connectivity index (χ0v) is 73.4. The summed E-state index contributed by atoms with van der Waals surface area (Å²) in [5, 5.41) is 34.9. The number of aromatic amines is 1. The van der Waals surface area contributed by atoms with Gasteiger partial charge in [0.05, 0.1) is 77.4 Å². The molecule has 22 rings (SSSR count). The molecular formula is C82H71B2BrCl4N27O12P. The van der Waals surface area contributed by atoms with E-state index in [1.54, 1.807) is 121 Å². The first-order valence-electron chi connectivity index (χ1n) is 38.0. The van der Waals surface area contributed by atoms with Crippen molar-refractivity contribution in [2.75, 3.05) is 36.1 Å². The number of rotatable bonds is 7. The van der Waals surface area contributed by atoms with Gasteiger partial charge in [-0.2, -0.15) is 45.4 Å². The zero-order valence-electron chi connectivity index (χ0n) is 67.9. The second-order valence-electron chi connectivity index (χ2n) is 27.1. The lowest BCUT2D eigenvalue weighted by Gasteiger charge is -2.21. The van der Waals surface area contributed by atoms with Crippen molar-refractivity contribution in [1.82, 2.24) is 103 Å². The molecule has 0 radical (unpaired) electrons. The second kappa shape index (κ2) is 42.0. The van der Waals surface area contributed by atoms with Crippen LogP contribution in [0.25, 0.3) is 118 Å². The molecule has 0 amide bonds. The van der Waals surface area contributed by atoms with E-state index in [1.807, 2.05) is 161 Å². The van der Waals surface area contributed by atoms with E-state index in [2.05, 4.69) is 141 Å². The number of halogens is 5. The third kappa shape index (κ3) is 24.9. The minimum absolute atomic E-state index is 0.0422. The number of amidine groups is 1. The Morgan fingerprint density at radius 2 is 1.05 bits per heavy atom. The Labute approximate surface area is 757 Å². The Kier molecular flexibility index (Phi) is 29.9. The lowest BCUT2D eigenvalue weighted by Crippen LogP contribution is -2.34. The fraction of sp³-hybridized carbons (Fsp3) is 0.0976. The molecule has 1 atom stereocenters. The number of pyridine rings is 2. The van der Waals surface area contributed by atoms with Gasteiger partial charge in [0.15, 0.2) is 44.9 Å². The summed E-state index contributed by atoms with van der Waals surface area (Å²) < 4.78 is 55.9. The normalized spacial score (nSPS) is 12.8. The molecule has 2 aliphatic heterocycles. The predicted molar refractivity (Wildman–Crippen MR) is 496 cm³/mol. The number of oxazole rings is 4. The molecule has 1 unspecified atom stereocenters. The van der Waals surface area contributed by atoms with Crippen LogP contribution in [0.15, 0.2) is 276 Å². The summed E-state index contributed by atoms with van der Waals surface area (Å²) in [6.45, 7) is 8.87. The Balaban J connectivity index is 0.000000127. The summed E-state index contributed by atoms with van der Waals surface area (Å²) in [6.07, 6.45) is 32.5. The van der Waals surface area contributed by atoms with Crippen LogP contribution in [0, 0.1) is 12.3 Å². The fourth-order valence-electron chi connectivity index (χ4n) is 11.8. The Morgan fingerprint density at radius 1 is 0.589 bits per heavy atom. The van der Waals surface area contributed by atoms with Crippen LogP contribution in [0.5, 0.6) is 0 Å². The number of carbonyl (C=O) groups excluding carboxylic acids is 1. The molecule has 39 nitrogen and oxygen atoms in total. The highest BCUT2D eigenvalue weighted by molar-refractivity contribution is 9.10. The first-order valence-corrected chi connectivity index (χ1v) is 43.6. The highest BCUT2D eigenvalue weighted by atomic mass is 79.9. The van der Waals surface area contributed by atoms with Crippen LogP contribution in [-0.2, 0) is 23.4 Å². The van der Waals surface area contributed by atoms with E-state index < -0.39 is 18.3 Å². The number of ether oxygens (including phenoxy) is 1. The molecule has 13 N–H and O–H groups in total. The van der Waals surface area contributed by atoms with Crippen LogP contribution in [0.3, 0.4) is 0 Å². The molecule has 47 heteroatoms. The van der Waals surface area contributed by atoms with Gasteiger partial charge in [0.2, 0.25) is 0 Å². The number of terminal acetylenes is 1. The number of aliphatic imine (C=N–C) groups is 1. The fourth-order valence-corrected chi connectivity index (χ4v) is 12.3. The molecule has 16 aromatic heterocycles. The average Bonchev–Trinajstić information content (AvgIpc) is 1.64. The molecule has 0 spiro atoms. The van der Waals surface area contributed by atoms with Gasteiger partial charge in [-0.15, -0.1) is 6.42 Å². The molecule has 0 saturated carbocycles. The summed E-state index contributed by atoms with van der Waals surface area (Å²) in [5.74, 6) is 1.86. The maximum Gasteiger partial charge on any atom is 0.494 e. The average molecular weight is 1900 g/mol. The van der Waals surface area contributed by atoms with E-state index in [9.17, 15) is 14.2 Å². The van der Waals surface area contributed by atoms with E-state index >= 15 is 0 Å². The third-order valence-electron chi connectivity index (χ3n) is 18.0. The highest BCUT2D eigenvalue weighted by Gasteiger charge is 2.44. The zero-order chi connectivity index (χ0) is 91.5. The summed E-state index contributed by atoms with van der Waals surface area (Å²) in [5.41, 5.74) is 45.1. The van der Waals surface area contributed by atoms with Gasteiger partial charge in [-0.25, -0.2) is 47.3 Å². The molecule has 652 valence electrons. The number of carbonyl (C=O) groups is 1. The number of nitrogens with zero attached hydrogens (tertiary/aromatic N) is 21. The Bertz CT molecular complexity index is 7490. The van der Waals surface area contributed by atoms with Gasteiger partial charge in [-0.05, 0) is 215 Å². The maximum absolute atomic E-state index is 10.7. The predicted octanol–water partition coefficient (Wildman–Crippen LogP) is 12.6. The van der Waals surface area contributed by atoms with Crippen molar-refractivity contribution in [1.29, 1.82) is 0 Å². The summed E-state index contributed by atoms with van der Waals surface area (Å²) in [6, 6.07) is 44.6. The molecule has 4 aromatic carbocycles. The van der Waals surface area contributed by atoms with E-state index in [0.717, 1.165) is 95.0 Å². The van der Waals surface area contributed by atoms with Crippen LogP contribution in [0.4, 0.5) is 24.1 Å². The molecule has 0 bridgehead atoms. The van der Waals surface area contributed by atoms with Crippen LogP contribution in [0.2, 0.25) is 5.15 Å². The van der Waals surface area contributed by atoms with Gasteiger partial charge in [0, 0.05) is 108 Å². The topological polar surface area (TPSA) is 546 Å². The van der Waals surface area contributed by atoms with Gasteiger partial charge in [-0.1, -0.05) is 23.7 Å². The standard InChI is InChI=1S/C18H12N6O.C13H8BrN5O.C13H9N5O.C12H15BN2O3.C6H4ClN3.C6H5N3O.C5H6BNO2.C5H6O2.C4H6N2.Cl3OP/c19-18-23-15-9-12(1-2-16(15)25-18)14-5-8-24-17(22-14)13(10-21-24)11-3-6-20-7-4-11;14-8-6-16-19-4-3-9(17-12(8)19)7-1-2-11-10(5-7)18-13(15)20-11;14-13-17-10-7-8(1-2-11(10)19-13)9-4-6-18-12(16-9)3-5-15-18;1-7-12(2,3)18-13(17-7)8-4-5-10-9(6-8)15-11(14)16-10;7-5-2-4-10-6(9-5)1-3-8-10;10-6-2-4-9-5(8-6)1-3-7-9;8-6(9)5-1-3-7-4-2-5;1-3-5(6)7-4-2;5-4-2-1-3-6-4;1-5(2,3)4/h1-10H,(H2,19,23);1-6H,(H2,15,18);1-7H,(H2,14,17);4-7H,1-3H3,(H2,14,15);1-4H;1-4H,(H,8,10);1-4,8-9H;1H,4H2,2H3;1-2H,3H2,(H2,5,6);. The van der Waals surface area contributed by atoms with Gasteiger partial charge >= 0.3 is 25.4 Å². The van der Waals surface area contributed by atoms with Crippen molar-refractivity contribution in [3.63, 3.8) is 0 Å². The lowest BCUT2D eigenvalue weighted by atomic mass is 9.79. The first kappa shape index (κ1) is 91.9. The van der Waals surface area contributed by atoms with Crippen molar-refractivity contribution < 1.29 is 51.1 Å². The van der Waals surface area contributed by atoms with E-state index in [-0.39, 0.29) is 48.4 Å². The SMILES string of the molecule is C#CC(=O)OCC.CC1OB(c2ccc3oc(N)nc3c2)OC1(C)C.Clc1ccn2nccc2n1.NC1=NCC=C1.Nc1nc2cc(-c3ccn4ncc(-c5ccncc5)c4n3)ccc2o1.Nc1nc2cc(-c3ccn4ncc(Br)c4n3)ccc2o1.Nc1nc2cc(-c3ccn4nccc4n3)ccc2o1.O=P(Cl)(Cl)Cl.O=c1ccn2nccc2[nH]1.OB(O)c1ccncc1. The Morgan fingerprint density at radius 3 is 1.53 bits per heavy atom. The number of fused-ring (bicyclic) bond motifs is 9. The number of hydrogen-bond donors (Lipinski definition) is 8. The number of benzene rings is 4. The number of H-pyrrole nitrogens is 1. The smallest absolute Gasteiger partial charge is 0.456 e. The van der Waals surface area contributed by atoms with E-state index in [0.29, 0.717) is 62.1 Å². The summed E-state index contributed by atoms with van der Waals surface area (Å²) in [4.78, 5) is 69.3. The molecule has 0 aliphatic carbocycles. The van der Waals surface area contributed by atoms with Crippen molar-refractivity contribution in [3.8, 4) is 57.2 Å². The molecule has 2 aliphatic rings. The summed E-state index contributed by atoms with van der Waals surface area (Å²) in [7, 11) is -1.75. The van der Waals surface area contributed by atoms with Crippen LogP contribution in [0.1, 0.15) is 27.7 Å². The first-order chi connectivity index (χ1) is 62.0. The largest absolute Gasteiger partial charge is 0.494 e. The Hall–Kier alpha value is -14.8. The quantitative estimate of drug-likeness (QED) is 0.0183. The number of esters is 1. The molecule has 20 aromatic rings. The molecular weight excluding hydrogens is 1830 g/mol. The summed E-state index contributed by atoms with van der Waals surface area (Å²) >= 11 is 22.9. The van der Waals surface area contributed by atoms with Crippen molar-refractivity contribution in [2.45, 2.75) is 39.4 Å². The van der Waals surface area contributed by atoms with Gasteiger partial charge in [0.1, 0.15) is 38.7 Å². The van der Waals surface area contributed by atoms with Crippen molar-refractivity contribution in [3.05, 3.63) is 264 Å². The number of anilines is 4. The van der Waals surface area contributed by atoms with Crippen LogP contribution < -0.4 is 45.2 Å². The van der Waals surface area contributed by atoms with Crippen molar-refractivity contribution >= 4 is 200 Å². The van der Waals surface area contributed by atoms with Gasteiger partial charge in [-0.3, -0.25) is 24.3 Å². The molecule has 129 heavy (non-hydrogen) atoms. The highest BCUT2D eigenvalue weighted by Crippen LogP contribution is 2.61. The second-order valence-corrected chi connectivity index (χ2v) is 35.0. The minimum atomic E-state index is -3.22. The number of aromatic nitrogens is 21. The minimum Gasteiger partial charge on any atom is -0.456 e. The number of nitrogens with two attached hydrogens (primary N) is 5. The lowest BCUT2D eigenvalue weighted by molar-refractivity contribution is -0.136. The van der Waals surface area contributed by atoms with Crippen LogP contribution in [-0.4, -0.2) is 164 Å². The number of hydrogen-bond acceptors (Lipinski definition) is 33. The molecule has 18 heterocycles. The third-order valence-corrected chi connectivity index (χ3v) is 18.8. The van der Waals surface area contributed by atoms with Crippen LogP contribution >= 0.6 is 66.5 Å². The number of nitrogen functional groups attached to an aromatic ring is 4. The molecule has 1 fully saturated rings. The van der Waals surface area contributed by atoms with Crippen molar-refractivity contribution in [2.24, 2.45) is 10.7 Å². The van der Waals surface area contributed by atoms with E-state index in [4.69, 9.17) is 82.3 Å².